The Bertz CT molecular complexity index is 476. The van der Waals surface area contributed by atoms with Crippen molar-refractivity contribution >= 4 is 18.9 Å². The van der Waals surface area contributed by atoms with Gasteiger partial charge in [0.1, 0.15) is 13.2 Å². The van der Waals surface area contributed by atoms with Gasteiger partial charge in [-0.05, 0) is 38.5 Å². The van der Waals surface area contributed by atoms with Crippen LogP contribution in [0.3, 0.4) is 0 Å². The lowest BCUT2D eigenvalue weighted by Gasteiger charge is -2.16. The fourth-order valence-corrected chi connectivity index (χ4v) is 2.86. The molecule has 6 nitrogen and oxygen atoms in total. The normalized spacial score (nSPS) is 11.1. The Morgan fingerprint density at radius 3 is 2.10 bits per heavy atom. The van der Waals surface area contributed by atoms with E-state index in [0.29, 0.717) is 32.4 Å². The second-order valence-electron chi connectivity index (χ2n) is 7.31. The molecule has 0 saturated heterocycles. The summed E-state index contributed by atoms with van der Waals surface area (Å²) in [5.41, 5.74) is 0. The highest BCUT2D eigenvalue weighted by atomic mass is 16.5. The molecule has 0 aromatic carbocycles. The lowest BCUT2D eigenvalue weighted by molar-refractivity contribution is -0.145. The van der Waals surface area contributed by atoms with Gasteiger partial charge >= 0.3 is 5.97 Å². The molecule has 0 radical (unpaired) electrons. The van der Waals surface area contributed by atoms with Crippen LogP contribution in [0.4, 0.5) is 0 Å². The molecule has 0 aliphatic heterocycles. The van der Waals surface area contributed by atoms with Gasteiger partial charge in [-0.1, -0.05) is 63.3 Å². The van der Waals surface area contributed by atoms with Crippen LogP contribution in [0, 0.1) is 0 Å². The van der Waals surface area contributed by atoms with Crippen molar-refractivity contribution in [2.75, 3.05) is 26.3 Å². The van der Waals surface area contributed by atoms with E-state index < -0.39 is 0 Å². The molecule has 6 heteroatoms. The monoisotopic (exact) mass is 423 g/mol. The van der Waals surface area contributed by atoms with Gasteiger partial charge in [0.15, 0.2) is 0 Å². The van der Waals surface area contributed by atoms with E-state index in [9.17, 15) is 14.4 Å². The number of hydrogen-bond donors (Lipinski definition) is 0. The Morgan fingerprint density at radius 1 is 0.800 bits per heavy atom. The van der Waals surface area contributed by atoms with Crippen molar-refractivity contribution < 1.29 is 23.9 Å². The van der Waals surface area contributed by atoms with Crippen LogP contribution in [0.15, 0.2) is 24.3 Å². The predicted octanol–water partition coefficient (Wildman–Crippen LogP) is 4.97. The summed E-state index contributed by atoms with van der Waals surface area (Å²) in [6.07, 6.45) is 22.7. The molecule has 0 N–H and O–H groups in total. The van der Waals surface area contributed by atoms with Gasteiger partial charge in [0.05, 0.1) is 13.1 Å². The maximum atomic E-state index is 11.7. The number of amides is 1. The number of carbonyl (C=O) groups is 3. The van der Waals surface area contributed by atoms with Gasteiger partial charge < -0.3 is 14.4 Å². The van der Waals surface area contributed by atoms with Crippen molar-refractivity contribution in [3.63, 3.8) is 0 Å². The third kappa shape index (κ3) is 20.6. The van der Waals surface area contributed by atoms with Gasteiger partial charge in [-0.15, -0.1) is 0 Å². The van der Waals surface area contributed by atoms with Gasteiger partial charge in [-0.2, -0.15) is 0 Å². The van der Waals surface area contributed by atoms with Crippen LogP contribution in [-0.2, 0) is 23.9 Å². The molecule has 0 aromatic rings. The summed E-state index contributed by atoms with van der Waals surface area (Å²) in [5.74, 6) is -0.226. The van der Waals surface area contributed by atoms with E-state index >= 15 is 0 Å². The Labute approximate surface area is 182 Å². The van der Waals surface area contributed by atoms with Crippen LogP contribution in [-0.4, -0.2) is 50.1 Å². The summed E-state index contributed by atoms with van der Waals surface area (Å²) in [5, 5.41) is 0. The molecule has 0 bridgehead atoms. The largest absolute Gasteiger partial charge is 0.466 e. The van der Waals surface area contributed by atoms with E-state index in [1.54, 1.807) is 0 Å². The minimum atomic E-state index is -0.226. The quantitative estimate of drug-likeness (QED) is 0.106. The number of unbranched alkanes of at least 4 members (excludes halogenated alkanes) is 8. The van der Waals surface area contributed by atoms with Crippen LogP contribution in [0.1, 0.15) is 84.0 Å². The number of carbonyl (C=O) groups excluding carboxylic acids is 3. The maximum absolute atomic E-state index is 11.7. The number of ether oxygens (including phenoxy) is 2. The van der Waals surface area contributed by atoms with Crippen molar-refractivity contribution in [3.8, 4) is 0 Å². The number of nitrogens with zero attached hydrogens (tertiary/aromatic N) is 1. The molecule has 0 heterocycles. The highest BCUT2D eigenvalue weighted by molar-refractivity contribution is 5.69. The minimum absolute atomic E-state index is 0.141. The summed E-state index contributed by atoms with van der Waals surface area (Å²) in [6.45, 7) is 3.48. The zero-order valence-electron chi connectivity index (χ0n) is 18.8. The zero-order valence-corrected chi connectivity index (χ0v) is 18.8. The van der Waals surface area contributed by atoms with Crippen molar-refractivity contribution in [1.82, 2.24) is 4.90 Å². The topological polar surface area (TPSA) is 72.9 Å². The molecule has 0 unspecified atom stereocenters. The Hall–Kier alpha value is -2.11. The molecule has 30 heavy (non-hydrogen) atoms. The molecule has 1 amide bonds. The molecule has 0 spiro atoms. The molecular formula is C24H41NO5. The molecular weight excluding hydrogens is 382 g/mol. The highest BCUT2D eigenvalue weighted by Crippen LogP contribution is 2.08. The summed E-state index contributed by atoms with van der Waals surface area (Å²) in [7, 11) is 0. The van der Waals surface area contributed by atoms with E-state index in [0.717, 1.165) is 32.1 Å². The Morgan fingerprint density at radius 2 is 1.43 bits per heavy atom. The molecule has 0 fully saturated rings. The summed E-state index contributed by atoms with van der Waals surface area (Å²) in [6, 6.07) is 0. The van der Waals surface area contributed by atoms with E-state index in [2.05, 4.69) is 36.0 Å². The second kappa shape index (κ2) is 23.2. The van der Waals surface area contributed by atoms with Crippen molar-refractivity contribution in [2.24, 2.45) is 0 Å². The molecule has 172 valence electrons. The SMILES string of the molecule is CCCCCC=CCC=CCCCCCCCC(=O)OCCN(C=O)CCOC=O. The molecule has 0 atom stereocenters. The minimum Gasteiger partial charge on any atom is -0.466 e. The fraction of sp³-hybridized carbons (Fsp3) is 0.708. The van der Waals surface area contributed by atoms with Gasteiger partial charge in [0.2, 0.25) is 6.41 Å². The highest BCUT2D eigenvalue weighted by Gasteiger charge is 2.05. The van der Waals surface area contributed by atoms with Crippen LogP contribution in [0.25, 0.3) is 0 Å². The third-order valence-corrected chi connectivity index (χ3v) is 4.69. The van der Waals surface area contributed by atoms with Crippen molar-refractivity contribution in [3.05, 3.63) is 24.3 Å². The van der Waals surface area contributed by atoms with Crippen LogP contribution in [0.5, 0.6) is 0 Å². The first kappa shape index (κ1) is 27.9. The van der Waals surface area contributed by atoms with Crippen molar-refractivity contribution in [2.45, 2.75) is 84.0 Å². The van der Waals surface area contributed by atoms with E-state index in [4.69, 9.17) is 4.74 Å². The fourth-order valence-electron chi connectivity index (χ4n) is 2.86. The van der Waals surface area contributed by atoms with E-state index in [-0.39, 0.29) is 19.2 Å². The first-order valence-corrected chi connectivity index (χ1v) is 11.4. The lowest BCUT2D eigenvalue weighted by Crippen LogP contribution is -2.30. The van der Waals surface area contributed by atoms with Crippen LogP contribution < -0.4 is 0 Å². The number of hydrogen-bond acceptors (Lipinski definition) is 5. The number of allylic oxidation sites excluding steroid dienone is 4. The molecule has 0 aromatic heterocycles. The lowest BCUT2D eigenvalue weighted by atomic mass is 10.1. The number of esters is 1. The zero-order chi connectivity index (χ0) is 22.1. The smallest absolute Gasteiger partial charge is 0.305 e. The predicted molar refractivity (Wildman–Crippen MR) is 120 cm³/mol. The molecule has 0 saturated carbocycles. The summed E-state index contributed by atoms with van der Waals surface area (Å²) < 4.78 is 9.67. The average molecular weight is 424 g/mol. The first-order valence-electron chi connectivity index (χ1n) is 11.4. The molecule has 0 aliphatic rings. The Kier molecular flexibility index (Phi) is 21.5. The van der Waals surface area contributed by atoms with Crippen LogP contribution in [0.2, 0.25) is 0 Å². The van der Waals surface area contributed by atoms with E-state index in [1.165, 1.54) is 43.4 Å². The number of rotatable bonds is 22. The third-order valence-electron chi connectivity index (χ3n) is 4.69. The standard InChI is InChI=1S/C24H41NO5/c1-2-3-4-5-6-7-8-9-10-11-12-13-14-15-16-17-24(28)30-21-19-25(22-26)18-20-29-23-27/h6-7,9-10,22-23H,2-5,8,11-21H2,1H3. The van der Waals surface area contributed by atoms with Crippen LogP contribution >= 0.6 is 0 Å². The van der Waals surface area contributed by atoms with Gasteiger partial charge in [0, 0.05) is 6.42 Å². The van der Waals surface area contributed by atoms with Gasteiger partial charge in [0.25, 0.3) is 6.47 Å². The first-order chi connectivity index (χ1) is 14.7. The van der Waals surface area contributed by atoms with Crippen molar-refractivity contribution in [1.29, 1.82) is 0 Å². The van der Waals surface area contributed by atoms with Gasteiger partial charge in [-0.25, -0.2) is 0 Å². The Balaban J connectivity index is 3.44. The molecule has 0 aliphatic carbocycles. The second-order valence-corrected chi connectivity index (χ2v) is 7.31. The maximum Gasteiger partial charge on any atom is 0.305 e. The molecule has 0 rings (SSSR count). The average Bonchev–Trinajstić information content (AvgIpc) is 2.75. The van der Waals surface area contributed by atoms with Gasteiger partial charge in [-0.3, -0.25) is 14.4 Å². The van der Waals surface area contributed by atoms with E-state index in [1.807, 2.05) is 0 Å². The summed E-state index contributed by atoms with van der Waals surface area (Å²) >= 11 is 0. The summed E-state index contributed by atoms with van der Waals surface area (Å²) in [4.78, 5) is 34.0.